The summed E-state index contributed by atoms with van der Waals surface area (Å²) in [6.07, 6.45) is 3.06. The molecular formula is C22H14Cl2FN3O3. The highest BCUT2D eigenvalue weighted by molar-refractivity contribution is 6.39. The van der Waals surface area contributed by atoms with Gasteiger partial charge in [0.05, 0.1) is 28.3 Å². The largest absolute Gasteiger partial charge is 0.496 e. The Hall–Kier alpha value is -3.42. The van der Waals surface area contributed by atoms with E-state index in [2.05, 4.69) is 15.3 Å². The van der Waals surface area contributed by atoms with Crippen molar-refractivity contribution >= 4 is 51.6 Å². The Morgan fingerprint density at radius 2 is 1.84 bits per heavy atom. The fraction of sp³-hybridized carbons (Fsp3) is 0.0455. The van der Waals surface area contributed by atoms with Gasteiger partial charge >= 0.3 is 0 Å². The Kier molecular flexibility index (Phi) is 5.63. The third-order valence-corrected chi connectivity index (χ3v) is 5.27. The monoisotopic (exact) mass is 457 g/mol. The van der Waals surface area contributed by atoms with E-state index < -0.39 is 11.7 Å². The number of halogens is 3. The molecule has 1 amide bonds. The van der Waals surface area contributed by atoms with Gasteiger partial charge in [0.15, 0.2) is 5.78 Å². The van der Waals surface area contributed by atoms with Crippen LogP contribution in [0.5, 0.6) is 5.75 Å². The van der Waals surface area contributed by atoms with Gasteiger partial charge in [-0.05, 0) is 42.5 Å². The average molecular weight is 458 g/mol. The molecule has 0 bridgehead atoms. The molecule has 0 radical (unpaired) electrons. The van der Waals surface area contributed by atoms with E-state index in [1.165, 1.54) is 49.8 Å². The third-order valence-electron chi connectivity index (χ3n) is 4.65. The Morgan fingerprint density at radius 1 is 1.03 bits per heavy atom. The Balaban J connectivity index is 1.62. The summed E-state index contributed by atoms with van der Waals surface area (Å²) >= 11 is 12.6. The number of nitrogens with one attached hydrogen (secondary N) is 2. The highest BCUT2D eigenvalue weighted by Crippen LogP contribution is 2.30. The Bertz CT molecular complexity index is 1340. The van der Waals surface area contributed by atoms with Gasteiger partial charge < -0.3 is 15.0 Å². The van der Waals surface area contributed by atoms with Crippen LogP contribution in [0.3, 0.4) is 0 Å². The molecule has 0 unspecified atom stereocenters. The predicted octanol–water partition coefficient (Wildman–Crippen LogP) is 5.50. The molecule has 2 heterocycles. The molecule has 0 atom stereocenters. The number of carbonyl (C=O) groups is 2. The van der Waals surface area contributed by atoms with Gasteiger partial charge in [-0.3, -0.25) is 9.59 Å². The number of hydrogen-bond acceptors (Lipinski definition) is 4. The van der Waals surface area contributed by atoms with Gasteiger partial charge in [-0.2, -0.15) is 0 Å². The summed E-state index contributed by atoms with van der Waals surface area (Å²) < 4.78 is 18.7. The minimum absolute atomic E-state index is 0.0275. The molecule has 31 heavy (non-hydrogen) atoms. The van der Waals surface area contributed by atoms with E-state index in [0.29, 0.717) is 27.3 Å². The molecule has 2 aromatic heterocycles. The second-order valence-corrected chi connectivity index (χ2v) is 7.36. The smallest absolute Gasteiger partial charge is 0.259 e. The molecular weight excluding hydrogens is 444 g/mol. The van der Waals surface area contributed by atoms with E-state index in [1.807, 2.05) is 0 Å². The second kappa shape index (κ2) is 8.37. The number of aromatic nitrogens is 2. The number of nitrogens with zero attached hydrogens (tertiary/aromatic N) is 1. The summed E-state index contributed by atoms with van der Waals surface area (Å²) in [5.74, 6) is -1.28. The van der Waals surface area contributed by atoms with E-state index >= 15 is 0 Å². The molecule has 0 aliphatic rings. The van der Waals surface area contributed by atoms with Crippen molar-refractivity contribution < 1.29 is 18.7 Å². The van der Waals surface area contributed by atoms with Gasteiger partial charge in [-0.1, -0.05) is 23.2 Å². The van der Waals surface area contributed by atoms with Crippen molar-refractivity contribution in [3.63, 3.8) is 0 Å². The van der Waals surface area contributed by atoms with Gasteiger partial charge in [-0.15, -0.1) is 0 Å². The fourth-order valence-electron chi connectivity index (χ4n) is 3.17. The van der Waals surface area contributed by atoms with Gasteiger partial charge in [0.25, 0.3) is 5.91 Å². The summed E-state index contributed by atoms with van der Waals surface area (Å²) in [6.45, 7) is 0. The molecule has 0 aliphatic heterocycles. The number of aromatic amines is 1. The average Bonchev–Trinajstić information content (AvgIpc) is 3.19. The number of methoxy groups -OCH3 is 1. The summed E-state index contributed by atoms with van der Waals surface area (Å²) in [5.41, 5.74) is 1.40. The first-order chi connectivity index (χ1) is 14.9. The van der Waals surface area contributed by atoms with E-state index in [9.17, 15) is 14.0 Å². The van der Waals surface area contributed by atoms with Crippen LogP contribution in [0.15, 0.2) is 54.9 Å². The van der Waals surface area contributed by atoms with Crippen LogP contribution in [0.1, 0.15) is 26.3 Å². The zero-order valence-corrected chi connectivity index (χ0v) is 17.5. The van der Waals surface area contributed by atoms with Crippen molar-refractivity contribution in [2.45, 2.75) is 0 Å². The van der Waals surface area contributed by atoms with Crippen LogP contribution in [0.4, 0.5) is 10.1 Å². The number of ketones is 1. The zero-order chi connectivity index (χ0) is 22.1. The molecule has 2 N–H and O–H groups in total. The molecule has 0 spiro atoms. The van der Waals surface area contributed by atoms with Gasteiger partial charge in [-0.25, -0.2) is 9.37 Å². The van der Waals surface area contributed by atoms with Crippen LogP contribution in [-0.2, 0) is 0 Å². The lowest BCUT2D eigenvalue weighted by atomic mass is 10.0. The Morgan fingerprint density at radius 3 is 2.58 bits per heavy atom. The first-order valence-electron chi connectivity index (χ1n) is 8.99. The van der Waals surface area contributed by atoms with Crippen LogP contribution < -0.4 is 10.1 Å². The molecule has 4 rings (SSSR count). The molecule has 0 fully saturated rings. The lowest BCUT2D eigenvalue weighted by Crippen LogP contribution is -2.14. The molecule has 9 heteroatoms. The van der Waals surface area contributed by atoms with E-state index in [4.69, 9.17) is 27.9 Å². The minimum Gasteiger partial charge on any atom is -0.496 e. The number of pyridine rings is 1. The highest BCUT2D eigenvalue weighted by Gasteiger charge is 2.20. The van der Waals surface area contributed by atoms with E-state index in [1.54, 1.807) is 6.07 Å². The third kappa shape index (κ3) is 3.97. The first kappa shape index (κ1) is 20.8. The van der Waals surface area contributed by atoms with Crippen molar-refractivity contribution in [2.24, 2.45) is 0 Å². The standard InChI is InChI=1S/C22H14Cl2FN3O3/c1-31-18-5-2-11(25)8-14(18)22(30)28-12-3-4-13(17(24)9-12)20(29)15-10-27-21-19(15)16(23)6-7-26-21/h2-10H,1H3,(H,26,27)(H,28,30). The van der Waals surface area contributed by atoms with Crippen LogP contribution in [0, 0.1) is 5.82 Å². The summed E-state index contributed by atoms with van der Waals surface area (Å²) in [4.78, 5) is 32.6. The molecule has 6 nitrogen and oxygen atoms in total. The maximum atomic E-state index is 13.6. The second-order valence-electron chi connectivity index (χ2n) is 6.54. The number of carbonyl (C=O) groups excluding carboxylic acids is 2. The minimum atomic E-state index is -0.582. The summed E-state index contributed by atoms with van der Waals surface area (Å²) in [5, 5.41) is 3.64. The number of amides is 1. The first-order valence-corrected chi connectivity index (χ1v) is 9.75. The van der Waals surface area contributed by atoms with Gasteiger partial charge in [0, 0.05) is 29.0 Å². The topological polar surface area (TPSA) is 84.1 Å². The molecule has 0 aliphatic carbocycles. The lowest BCUT2D eigenvalue weighted by molar-refractivity contribution is 0.102. The highest BCUT2D eigenvalue weighted by atomic mass is 35.5. The van der Waals surface area contributed by atoms with Crippen molar-refractivity contribution in [3.8, 4) is 5.75 Å². The number of hydrogen-bond donors (Lipinski definition) is 2. The number of anilines is 1. The summed E-state index contributed by atoms with van der Waals surface area (Å²) in [6, 6.07) is 9.67. The fourth-order valence-corrected chi connectivity index (χ4v) is 3.69. The van der Waals surface area contributed by atoms with Crippen LogP contribution in [-0.4, -0.2) is 28.8 Å². The van der Waals surface area contributed by atoms with Crippen molar-refractivity contribution in [2.75, 3.05) is 12.4 Å². The summed E-state index contributed by atoms with van der Waals surface area (Å²) in [7, 11) is 1.38. The van der Waals surface area contributed by atoms with Crippen LogP contribution in [0.25, 0.3) is 11.0 Å². The van der Waals surface area contributed by atoms with Crippen LogP contribution in [0.2, 0.25) is 10.0 Å². The maximum absolute atomic E-state index is 13.6. The zero-order valence-electron chi connectivity index (χ0n) is 16.0. The number of H-pyrrole nitrogens is 1. The maximum Gasteiger partial charge on any atom is 0.259 e. The Labute approximate surface area is 186 Å². The van der Waals surface area contributed by atoms with E-state index in [-0.39, 0.29) is 27.7 Å². The molecule has 156 valence electrons. The predicted molar refractivity (Wildman–Crippen MR) is 117 cm³/mol. The lowest BCUT2D eigenvalue weighted by Gasteiger charge is -2.11. The number of fused-ring (bicyclic) bond motifs is 1. The molecule has 2 aromatic carbocycles. The van der Waals surface area contributed by atoms with Crippen LogP contribution >= 0.6 is 23.2 Å². The van der Waals surface area contributed by atoms with Crippen molar-refractivity contribution in [1.29, 1.82) is 0 Å². The van der Waals surface area contributed by atoms with Gasteiger partial charge in [0.1, 0.15) is 17.2 Å². The number of rotatable bonds is 5. The van der Waals surface area contributed by atoms with Crippen molar-refractivity contribution in [1.82, 2.24) is 9.97 Å². The number of ether oxygens (including phenoxy) is 1. The van der Waals surface area contributed by atoms with Crippen molar-refractivity contribution in [3.05, 3.63) is 87.4 Å². The quantitative estimate of drug-likeness (QED) is 0.387. The van der Waals surface area contributed by atoms with E-state index in [0.717, 1.165) is 6.07 Å². The SMILES string of the molecule is COc1ccc(F)cc1C(=O)Nc1ccc(C(=O)c2c[nH]c3nccc(Cl)c23)c(Cl)c1. The molecule has 0 saturated carbocycles. The normalized spacial score (nSPS) is 10.8. The molecule has 4 aromatic rings. The molecule has 0 saturated heterocycles. The van der Waals surface area contributed by atoms with Gasteiger partial charge in [0.2, 0.25) is 0 Å². The number of benzene rings is 2.